The number of nitrogens with zero attached hydrogens (tertiary/aromatic N) is 1. The van der Waals surface area contributed by atoms with Gasteiger partial charge in [-0.15, -0.1) is 11.8 Å². The van der Waals surface area contributed by atoms with Gasteiger partial charge < -0.3 is 5.32 Å². The van der Waals surface area contributed by atoms with Crippen LogP contribution in [0, 0.1) is 0 Å². The van der Waals surface area contributed by atoms with E-state index in [1.165, 1.54) is 11.8 Å². The van der Waals surface area contributed by atoms with Gasteiger partial charge in [-0.3, -0.25) is 4.79 Å². The Kier molecular flexibility index (Phi) is 7.40. The SMILES string of the molecule is O=C(CSc1ccc(Cl)cc1)Nc1ccc(S(=O)(=O)N2CCCCCC2)cc1. The van der Waals surface area contributed by atoms with Crippen LogP contribution >= 0.6 is 23.4 Å². The molecule has 1 N–H and O–H groups in total. The summed E-state index contributed by atoms with van der Waals surface area (Å²) in [6.07, 6.45) is 3.95. The van der Waals surface area contributed by atoms with Gasteiger partial charge in [0.25, 0.3) is 0 Å². The summed E-state index contributed by atoms with van der Waals surface area (Å²) in [6, 6.07) is 13.7. The summed E-state index contributed by atoms with van der Waals surface area (Å²) in [5.41, 5.74) is 0.580. The predicted octanol–water partition coefficient (Wildman–Crippen LogP) is 4.64. The molecule has 5 nitrogen and oxygen atoms in total. The van der Waals surface area contributed by atoms with Gasteiger partial charge in [0.05, 0.1) is 10.6 Å². The Bertz CT molecular complexity index is 892. The van der Waals surface area contributed by atoms with Gasteiger partial charge in [0.2, 0.25) is 15.9 Å². The van der Waals surface area contributed by atoms with Crippen LogP contribution in [0.1, 0.15) is 25.7 Å². The number of carbonyl (C=O) groups excluding carboxylic acids is 1. The molecule has 2 aromatic carbocycles. The first-order valence-electron chi connectivity index (χ1n) is 9.23. The number of thioether (sulfide) groups is 1. The Balaban J connectivity index is 1.57. The summed E-state index contributed by atoms with van der Waals surface area (Å²) in [5, 5.41) is 3.45. The van der Waals surface area contributed by atoms with E-state index in [2.05, 4.69) is 5.32 Å². The second kappa shape index (κ2) is 9.78. The van der Waals surface area contributed by atoms with Crippen molar-refractivity contribution in [1.29, 1.82) is 0 Å². The quantitative estimate of drug-likeness (QED) is 0.667. The van der Waals surface area contributed by atoms with Crippen LogP contribution in [-0.4, -0.2) is 37.5 Å². The van der Waals surface area contributed by atoms with E-state index in [0.29, 0.717) is 23.8 Å². The van der Waals surface area contributed by atoms with Crippen molar-refractivity contribution in [2.45, 2.75) is 35.5 Å². The predicted molar refractivity (Wildman–Crippen MR) is 114 cm³/mol. The minimum atomic E-state index is -3.47. The Morgan fingerprint density at radius 2 is 1.57 bits per heavy atom. The number of halogens is 1. The van der Waals surface area contributed by atoms with Gasteiger partial charge in [-0.1, -0.05) is 24.4 Å². The van der Waals surface area contributed by atoms with Crippen molar-refractivity contribution < 1.29 is 13.2 Å². The molecule has 0 aromatic heterocycles. The highest BCUT2D eigenvalue weighted by Crippen LogP contribution is 2.23. The van der Waals surface area contributed by atoms with Crippen LogP contribution in [0.3, 0.4) is 0 Å². The zero-order chi connectivity index (χ0) is 20.0. The van der Waals surface area contributed by atoms with Crippen molar-refractivity contribution in [1.82, 2.24) is 4.31 Å². The first kappa shape index (κ1) is 21.2. The summed E-state index contributed by atoms with van der Waals surface area (Å²) in [4.78, 5) is 13.4. The normalized spacial score (nSPS) is 15.8. The molecule has 1 aliphatic rings. The first-order chi connectivity index (χ1) is 13.4. The molecule has 1 aliphatic heterocycles. The molecule has 150 valence electrons. The van der Waals surface area contributed by atoms with E-state index in [1.807, 2.05) is 12.1 Å². The summed E-state index contributed by atoms with van der Waals surface area (Å²) >= 11 is 7.26. The molecule has 1 saturated heterocycles. The molecule has 1 amide bonds. The summed E-state index contributed by atoms with van der Waals surface area (Å²) in [6.45, 7) is 1.14. The van der Waals surface area contributed by atoms with Crippen molar-refractivity contribution in [3.8, 4) is 0 Å². The van der Waals surface area contributed by atoms with Crippen LogP contribution in [-0.2, 0) is 14.8 Å². The molecule has 0 radical (unpaired) electrons. The van der Waals surface area contributed by atoms with Crippen molar-refractivity contribution in [3.05, 3.63) is 53.6 Å². The van der Waals surface area contributed by atoms with Crippen LogP contribution < -0.4 is 5.32 Å². The van der Waals surface area contributed by atoms with Crippen LogP contribution in [0.25, 0.3) is 0 Å². The van der Waals surface area contributed by atoms with Crippen LogP contribution in [0.2, 0.25) is 5.02 Å². The van der Waals surface area contributed by atoms with Crippen LogP contribution in [0.15, 0.2) is 58.3 Å². The van der Waals surface area contributed by atoms with E-state index in [9.17, 15) is 13.2 Å². The molecule has 1 heterocycles. The fourth-order valence-electron chi connectivity index (χ4n) is 3.02. The van der Waals surface area contributed by atoms with Gasteiger partial charge in [0, 0.05) is 28.7 Å². The van der Waals surface area contributed by atoms with Gasteiger partial charge in [-0.25, -0.2) is 8.42 Å². The maximum atomic E-state index is 12.8. The maximum Gasteiger partial charge on any atom is 0.243 e. The van der Waals surface area contributed by atoms with Gasteiger partial charge in [0.15, 0.2) is 0 Å². The second-order valence-electron chi connectivity index (χ2n) is 6.63. The fourth-order valence-corrected chi connectivity index (χ4v) is 5.36. The lowest BCUT2D eigenvalue weighted by molar-refractivity contribution is -0.113. The minimum absolute atomic E-state index is 0.150. The van der Waals surface area contributed by atoms with E-state index in [0.717, 1.165) is 30.6 Å². The van der Waals surface area contributed by atoms with E-state index in [4.69, 9.17) is 11.6 Å². The summed E-state index contributed by atoms with van der Waals surface area (Å²) < 4.78 is 27.1. The minimum Gasteiger partial charge on any atom is -0.325 e. The molecule has 0 atom stereocenters. The Morgan fingerprint density at radius 1 is 0.964 bits per heavy atom. The molecule has 28 heavy (non-hydrogen) atoms. The monoisotopic (exact) mass is 438 g/mol. The molecule has 3 rings (SSSR count). The zero-order valence-electron chi connectivity index (χ0n) is 15.4. The first-order valence-corrected chi connectivity index (χ1v) is 12.0. The average Bonchev–Trinajstić information content (AvgIpc) is 2.98. The Hall–Kier alpha value is -1.54. The molecule has 2 aromatic rings. The molecule has 0 bridgehead atoms. The second-order valence-corrected chi connectivity index (χ2v) is 10.1. The standard InChI is InChI=1S/C20H23ClN2O3S2/c21-16-5-9-18(10-6-16)27-15-20(24)22-17-7-11-19(12-8-17)28(25,26)23-13-3-1-2-4-14-23/h5-12H,1-4,13-15H2,(H,22,24). The number of hydrogen-bond donors (Lipinski definition) is 1. The number of rotatable bonds is 6. The fraction of sp³-hybridized carbons (Fsp3) is 0.350. The number of amides is 1. The third-order valence-corrected chi connectivity index (χ3v) is 7.70. The number of nitrogens with one attached hydrogen (secondary N) is 1. The number of sulfonamides is 1. The van der Waals surface area contributed by atoms with Crippen molar-refractivity contribution in [2.24, 2.45) is 0 Å². The highest BCUT2D eigenvalue weighted by atomic mass is 35.5. The largest absolute Gasteiger partial charge is 0.325 e. The topological polar surface area (TPSA) is 66.5 Å². The lowest BCUT2D eigenvalue weighted by atomic mass is 10.2. The van der Waals surface area contributed by atoms with Crippen LogP contribution in [0.5, 0.6) is 0 Å². The lowest BCUT2D eigenvalue weighted by Crippen LogP contribution is -2.31. The highest BCUT2D eigenvalue weighted by Gasteiger charge is 2.24. The summed E-state index contributed by atoms with van der Waals surface area (Å²) in [5.74, 6) is 0.109. The van der Waals surface area contributed by atoms with Crippen LogP contribution in [0.4, 0.5) is 5.69 Å². The van der Waals surface area contributed by atoms with E-state index >= 15 is 0 Å². The number of benzene rings is 2. The Labute approximate surface area is 175 Å². The highest BCUT2D eigenvalue weighted by molar-refractivity contribution is 8.00. The van der Waals surface area contributed by atoms with Gasteiger partial charge in [-0.05, 0) is 61.4 Å². The molecule has 0 saturated carbocycles. The lowest BCUT2D eigenvalue weighted by Gasteiger charge is -2.20. The van der Waals surface area contributed by atoms with E-state index in [1.54, 1.807) is 40.7 Å². The molecule has 0 unspecified atom stereocenters. The molecule has 0 aliphatic carbocycles. The number of hydrogen-bond acceptors (Lipinski definition) is 4. The number of carbonyl (C=O) groups is 1. The number of anilines is 1. The van der Waals surface area contributed by atoms with Gasteiger partial charge in [-0.2, -0.15) is 4.31 Å². The third-order valence-electron chi connectivity index (χ3n) is 4.52. The molecule has 0 spiro atoms. The molecule has 1 fully saturated rings. The van der Waals surface area contributed by atoms with Crippen molar-refractivity contribution in [3.63, 3.8) is 0 Å². The smallest absolute Gasteiger partial charge is 0.243 e. The van der Waals surface area contributed by atoms with Crippen molar-refractivity contribution >= 4 is 45.0 Å². The summed E-state index contributed by atoms with van der Waals surface area (Å²) in [7, 11) is -3.47. The molecule has 8 heteroatoms. The molecular formula is C20H23ClN2O3S2. The van der Waals surface area contributed by atoms with E-state index < -0.39 is 10.0 Å². The van der Waals surface area contributed by atoms with Crippen molar-refractivity contribution in [2.75, 3.05) is 24.2 Å². The maximum absolute atomic E-state index is 12.8. The van der Waals surface area contributed by atoms with E-state index in [-0.39, 0.29) is 16.6 Å². The van der Waals surface area contributed by atoms with Gasteiger partial charge in [0.1, 0.15) is 0 Å². The Morgan fingerprint density at radius 3 is 2.18 bits per heavy atom. The third kappa shape index (κ3) is 5.73. The zero-order valence-corrected chi connectivity index (χ0v) is 17.8. The molecular weight excluding hydrogens is 416 g/mol. The van der Waals surface area contributed by atoms with Gasteiger partial charge >= 0.3 is 0 Å². The average molecular weight is 439 g/mol.